The second-order valence-corrected chi connectivity index (χ2v) is 3.31. The summed E-state index contributed by atoms with van der Waals surface area (Å²) in [6.45, 7) is 1.31. The topological polar surface area (TPSA) is 20.2 Å². The van der Waals surface area contributed by atoms with Crippen molar-refractivity contribution in [3.8, 4) is 5.75 Å². The van der Waals surface area contributed by atoms with Crippen LogP contribution in [0.5, 0.6) is 5.75 Å². The Balaban J connectivity index is 3.60. The maximum absolute atomic E-state index is 12.7. The summed E-state index contributed by atoms with van der Waals surface area (Å²) in [6.07, 6.45) is 0. The van der Waals surface area contributed by atoms with Crippen LogP contribution in [0, 0.1) is 27.9 Å². The van der Waals surface area contributed by atoms with E-state index in [2.05, 4.69) is 0 Å². The van der Waals surface area contributed by atoms with E-state index in [1.54, 1.807) is 0 Å². The van der Waals surface area contributed by atoms with Gasteiger partial charge in [0.1, 0.15) is 0 Å². The average molecular weight is 288 g/mol. The molecule has 1 aromatic rings. The Morgan fingerprint density at radius 3 is 2.08 bits per heavy atom. The van der Waals surface area contributed by atoms with Gasteiger partial charge in [-0.25, -0.2) is 8.78 Å². The van der Waals surface area contributed by atoms with Crippen LogP contribution < -0.4 is 0 Å². The highest BCUT2D eigenvalue weighted by Gasteiger charge is 2.20. The number of aromatic hydroxyl groups is 1. The molecule has 1 N–H and O–H groups in total. The summed E-state index contributed by atoms with van der Waals surface area (Å²) in [5, 5.41) is 8.91. The molecule has 66 valence electrons. The SMILES string of the molecule is Cc1c(O)c(F)c(F)c(F)c1I. The van der Waals surface area contributed by atoms with Gasteiger partial charge >= 0.3 is 0 Å². The number of benzene rings is 1. The molecule has 0 aliphatic carbocycles. The number of rotatable bonds is 0. The fourth-order valence-corrected chi connectivity index (χ4v) is 1.22. The van der Waals surface area contributed by atoms with Crippen LogP contribution in [0.2, 0.25) is 0 Å². The molecule has 5 heteroatoms. The first-order chi connectivity index (χ1) is 5.46. The van der Waals surface area contributed by atoms with Gasteiger partial charge in [-0.15, -0.1) is 0 Å². The summed E-state index contributed by atoms with van der Waals surface area (Å²) in [4.78, 5) is 0. The van der Waals surface area contributed by atoms with E-state index in [4.69, 9.17) is 5.11 Å². The highest BCUT2D eigenvalue weighted by molar-refractivity contribution is 14.1. The molecular weight excluding hydrogens is 284 g/mol. The van der Waals surface area contributed by atoms with E-state index >= 15 is 0 Å². The fraction of sp³-hybridized carbons (Fsp3) is 0.143. The smallest absolute Gasteiger partial charge is 0.203 e. The molecule has 0 saturated heterocycles. The molecule has 0 fully saturated rings. The van der Waals surface area contributed by atoms with E-state index in [-0.39, 0.29) is 9.13 Å². The molecule has 0 atom stereocenters. The van der Waals surface area contributed by atoms with Crippen molar-refractivity contribution in [2.45, 2.75) is 6.92 Å². The molecule has 0 amide bonds. The first kappa shape index (κ1) is 9.63. The van der Waals surface area contributed by atoms with Gasteiger partial charge in [-0.1, -0.05) is 0 Å². The van der Waals surface area contributed by atoms with Gasteiger partial charge in [0.15, 0.2) is 17.4 Å². The van der Waals surface area contributed by atoms with Crippen LogP contribution in [0.25, 0.3) is 0 Å². The van der Waals surface area contributed by atoms with Crippen molar-refractivity contribution in [1.82, 2.24) is 0 Å². The minimum absolute atomic E-state index is 0.00648. The first-order valence-electron chi connectivity index (χ1n) is 2.98. The fourth-order valence-electron chi connectivity index (χ4n) is 0.730. The largest absolute Gasteiger partial charge is 0.505 e. The lowest BCUT2D eigenvalue weighted by Crippen LogP contribution is -1.98. The second-order valence-electron chi connectivity index (χ2n) is 2.23. The standard InChI is InChI=1S/C7H4F3IO/c1-2-6(11)4(9)3(8)5(10)7(2)12/h12H,1H3. The maximum atomic E-state index is 12.7. The zero-order chi connectivity index (χ0) is 9.46. The lowest BCUT2D eigenvalue weighted by atomic mass is 10.2. The van der Waals surface area contributed by atoms with Crippen LogP contribution in [-0.4, -0.2) is 5.11 Å². The minimum atomic E-state index is -1.64. The summed E-state index contributed by atoms with van der Waals surface area (Å²) in [5.41, 5.74) is 0.00648. The van der Waals surface area contributed by atoms with Crippen molar-refractivity contribution >= 4 is 22.6 Å². The molecule has 12 heavy (non-hydrogen) atoms. The van der Waals surface area contributed by atoms with Crippen LogP contribution in [0.1, 0.15) is 5.56 Å². The Kier molecular flexibility index (Phi) is 2.50. The zero-order valence-electron chi connectivity index (χ0n) is 5.96. The Bertz CT molecular complexity index is 233. The summed E-state index contributed by atoms with van der Waals surface area (Å²) in [5.74, 6) is -5.27. The summed E-state index contributed by atoms with van der Waals surface area (Å²) >= 11 is 1.50. The van der Waals surface area contributed by atoms with E-state index in [1.807, 2.05) is 0 Å². The molecule has 0 heterocycles. The lowest BCUT2D eigenvalue weighted by Gasteiger charge is -2.05. The van der Waals surface area contributed by atoms with E-state index in [0.29, 0.717) is 0 Å². The summed E-state index contributed by atoms with van der Waals surface area (Å²) in [7, 11) is 0. The first-order valence-corrected chi connectivity index (χ1v) is 4.06. The van der Waals surface area contributed by atoms with Crippen LogP contribution in [0.4, 0.5) is 13.2 Å². The normalized spacial score (nSPS) is 10.4. The quantitative estimate of drug-likeness (QED) is 0.442. The summed E-state index contributed by atoms with van der Waals surface area (Å²) in [6, 6.07) is 0. The lowest BCUT2D eigenvalue weighted by molar-refractivity contribution is 0.381. The monoisotopic (exact) mass is 288 g/mol. The van der Waals surface area contributed by atoms with Crippen LogP contribution in [-0.2, 0) is 0 Å². The summed E-state index contributed by atoms with van der Waals surface area (Å²) < 4.78 is 37.7. The second kappa shape index (κ2) is 3.12. The maximum Gasteiger partial charge on any atom is 0.203 e. The zero-order valence-corrected chi connectivity index (χ0v) is 8.12. The number of hydrogen-bond acceptors (Lipinski definition) is 1. The van der Waals surface area contributed by atoms with Crippen molar-refractivity contribution in [2.75, 3.05) is 0 Å². The van der Waals surface area contributed by atoms with Crippen molar-refractivity contribution in [3.63, 3.8) is 0 Å². The highest BCUT2D eigenvalue weighted by Crippen LogP contribution is 2.30. The molecule has 0 aromatic heterocycles. The van der Waals surface area contributed by atoms with Gasteiger partial charge in [0.05, 0.1) is 3.57 Å². The third kappa shape index (κ3) is 1.26. The van der Waals surface area contributed by atoms with Gasteiger partial charge in [0.25, 0.3) is 0 Å². The number of hydrogen-bond donors (Lipinski definition) is 1. The molecule has 0 aliphatic heterocycles. The van der Waals surface area contributed by atoms with Gasteiger partial charge in [-0.3, -0.25) is 0 Å². The Morgan fingerprint density at radius 1 is 1.08 bits per heavy atom. The molecule has 1 nitrogen and oxygen atoms in total. The third-order valence-electron chi connectivity index (χ3n) is 1.47. The predicted octanol–water partition coefficient (Wildman–Crippen LogP) is 2.72. The van der Waals surface area contributed by atoms with Crippen molar-refractivity contribution < 1.29 is 18.3 Å². The van der Waals surface area contributed by atoms with Crippen molar-refractivity contribution in [1.29, 1.82) is 0 Å². The van der Waals surface area contributed by atoms with E-state index < -0.39 is 23.2 Å². The predicted molar refractivity (Wildman–Crippen MR) is 45.4 cm³/mol. The van der Waals surface area contributed by atoms with Crippen LogP contribution in [0.15, 0.2) is 0 Å². The Labute approximate surface area is 80.3 Å². The van der Waals surface area contributed by atoms with Gasteiger partial charge < -0.3 is 5.11 Å². The van der Waals surface area contributed by atoms with Gasteiger partial charge in [0, 0.05) is 5.56 Å². The Morgan fingerprint density at radius 2 is 1.58 bits per heavy atom. The number of phenols is 1. The minimum Gasteiger partial charge on any atom is -0.505 e. The van der Waals surface area contributed by atoms with Crippen LogP contribution in [0.3, 0.4) is 0 Å². The van der Waals surface area contributed by atoms with Gasteiger partial charge in [-0.2, -0.15) is 4.39 Å². The van der Waals surface area contributed by atoms with Gasteiger partial charge in [-0.05, 0) is 29.5 Å². The number of halogens is 4. The van der Waals surface area contributed by atoms with E-state index in [0.717, 1.165) is 0 Å². The van der Waals surface area contributed by atoms with Crippen molar-refractivity contribution in [3.05, 3.63) is 26.6 Å². The highest BCUT2D eigenvalue weighted by atomic mass is 127. The molecule has 0 radical (unpaired) electrons. The van der Waals surface area contributed by atoms with E-state index in [1.165, 1.54) is 29.5 Å². The van der Waals surface area contributed by atoms with Gasteiger partial charge in [0.2, 0.25) is 5.82 Å². The molecule has 1 rings (SSSR count). The number of phenolic OH excluding ortho intramolecular Hbond substituents is 1. The molecule has 0 bridgehead atoms. The molecule has 0 unspecified atom stereocenters. The average Bonchev–Trinajstić information content (AvgIpc) is 2.08. The molecule has 0 spiro atoms. The van der Waals surface area contributed by atoms with E-state index in [9.17, 15) is 13.2 Å². The molecular formula is C7H4F3IO. The third-order valence-corrected chi connectivity index (χ3v) is 2.75. The molecule has 0 saturated carbocycles. The molecule has 0 aliphatic rings. The van der Waals surface area contributed by atoms with Crippen molar-refractivity contribution in [2.24, 2.45) is 0 Å². The molecule has 1 aromatic carbocycles. The Hall–Kier alpha value is -0.460. The van der Waals surface area contributed by atoms with Crippen LogP contribution >= 0.6 is 22.6 Å².